The molecule has 2 N–H and O–H groups in total. The molecule has 0 fully saturated rings. The molecule has 0 aliphatic carbocycles. The first-order valence-electron chi connectivity index (χ1n) is 30.8. The molecule has 3 atom stereocenters. The van der Waals surface area contributed by atoms with Crippen molar-refractivity contribution < 1.29 is 52.2 Å². The number of phosphoric ester groups is 1. The van der Waals surface area contributed by atoms with E-state index in [0.29, 0.717) is 19.3 Å². The number of allylic oxidation sites excluding steroid dienone is 18. The van der Waals surface area contributed by atoms with Gasteiger partial charge in [0.25, 0.3) is 0 Å². The van der Waals surface area contributed by atoms with Crippen LogP contribution in [-0.2, 0) is 42.2 Å². The fraction of sp³-hybridized carbons (Fsp3) is 0.682. The second-order valence-corrected chi connectivity index (χ2v) is 21.6. The minimum absolute atomic E-state index is 0.149. The molecule has 78 heavy (non-hydrogen) atoms. The van der Waals surface area contributed by atoms with Crippen LogP contribution in [0.2, 0.25) is 0 Å². The molecule has 3 unspecified atom stereocenters. The molecule has 0 aliphatic rings. The number of aliphatic hydroxyl groups is 1. The Morgan fingerprint density at radius 2 is 0.667 bits per heavy atom. The number of unbranched alkanes of at least 4 members (excludes halogenated alkanes) is 21. The average Bonchev–Trinajstić information content (AvgIpc) is 3.43. The van der Waals surface area contributed by atoms with Gasteiger partial charge in [0.15, 0.2) is 6.10 Å². The Morgan fingerprint density at radius 1 is 0.372 bits per heavy atom. The maximum absolute atomic E-state index is 12.9. The average molecular weight is 1110 g/mol. The van der Waals surface area contributed by atoms with Crippen LogP contribution >= 0.6 is 7.82 Å². The van der Waals surface area contributed by atoms with Crippen LogP contribution in [0.4, 0.5) is 0 Å². The predicted molar refractivity (Wildman–Crippen MR) is 325 cm³/mol. The standard InChI is InChI=1S/C66H111O11P/c1-4-7-10-13-16-19-22-25-28-30-31-33-35-37-40-43-46-49-52-55-64(68)73-59-63(77-66(70)57-54-51-48-45-42-39-36-32-29-26-23-20-17-14-11-8-5-2)61-75-78(71,72)74-60-62(58-67)76-65(69)56-53-50-47-44-41-38-34-27-24-21-18-15-12-9-6-3/h7,9-10,12,16-21,25-29,31,33-34,62-63,67H,4-6,8,11,13-15,22-24,30,32,35-61H2,1-3H3,(H,71,72)/b10-7-,12-9-,19-16-,20-17-,21-18-,28-25-,29-26-,33-31-,34-27-. The predicted octanol–water partition coefficient (Wildman–Crippen LogP) is 18.6. The molecule has 0 radical (unpaired) electrons. The van der Waals surface area contributed by atoms with Gasteiger partial charge in [-0.1, -0.05) is 220 Å². The lowest BCUT2D eigenvalue weighted by Gasteiger charge is -2.21. The Morgan fingerprint density at radius 3 is 1.03 bits per heavy atom. The van der Waals surface area contributed by atoms with E-state index in [1.807, 2.05) is 0 Å². The highest BCUT2D eigenvalue weighted by molar-refractivity contribution is 7.47. The summed E-state index contributed by atoms with van der Waals surface area (Å²) in [4.78, 5) is 48.7. The van der Waals surface area contributed by atoms with E-state index in [1.54, 1.807) is 0 Å². The summed E-state index contributed by atoms with van der Waals surface area (Å²) in [7, 11) is -4.77. The van der Waals surface area contributed by atoms with Crippen molar-refractivity contribution in [1.82, 2.24) is 0 Å². The molecule has 0 aromatic heterocycles. The third-order valence-electron chi connectivity index (χ3n) is 12.7. The lowest BCUT2D eigenvalue weighted by atomic mass is 10.1. The zero-order valence-corrected chi connectivity index (χ0v) is 50.2. The van der Waals surface area contributed by atoms with Crippen LogP contribution in [-0.4, -0.2) is 66.5 Å². The third kappa shape index (κ3) is 56.8. The number of hydrogen-bond donors (Lipinski definition) is 2. The summed E-state index contributed by atoms with van der Waals surface area (Å²) in [6.07, 6.45) is 71.8. The van der Waals surface area contributed by atoms with Crippen molar-refractivity contribution in [1.29, 1.82) is 0 Å². The van der Waals surface area contributed by atoms with Crippen molar-refractivity contribution in [3.63, 3.8) is 0 Å². The highest BCUT2D eigenvalue weighted by Crippen LogP contribution is 2.43. The number of carbonyl (C=O) groups excluding carboxylic acids is 3. The van der Waals surface area contributed by atoms with E-state index >= 15 is 0 Å². The number of rotatable bonds is 56. The number of hydrogen-bond acceptors (Lipinski definition) is 10. The summed E-state index contributed by atoms with van der Waals surface area (Å²) in [5, 5.41) is 9.83. The number of ether oxygens (including phenoxy) is 3. The van der Waals surface area contributed by atoms with Gasteiger partial charge in [0.2, 0.25) is 0 Å². The second kappa shape index (κ2) is 59.3. The molecule has 0 saturated carbocycles. The SMILES string of the molecule is CC/C=C\C/C=C\C/C=C\C/C=C\CCCCCCCCC(=O)OCC(COP(=O)(O)OCC(CO)OC(=O)CCCCCCC/C=C\C/C=C\C/C=C\CC)OC(=O)CCCCCCCCC/C=C\C/C=C\CCCCC. The summed E-state index contributed by atoms with van der Waals surface area (Å²) in [5.74, 6) is -1.51. The van der Waals surface area contributed by atoms with Crippen LogP contribution in [0.1, 0.15) is 252 Å². The number of aliphatic hydroxyl groups excluding tert-OH is 1. The van der Waals surface area contributed by atoms with Crippen LogP contribution in [0, 0.1) is 0 Å². The Kier molecular flexibility index (Phi) is 56.3. The minimum Gasteiger partial charge on any atom is -0.462 e. The molecule has 0 bridgehead atoms. The first kappa shape index (κ1) is 74.1. The number of carbonyl (C=O) groups is 3. The van der Waals surface area contributed by atoms with E-state index in [0.717, 1.165) is 154 Å². The van der Waals surface area contributed by atoms with Crippen LogP contribution in [0.25, 0.3) is 0 Å². The monoisotopic (exact) mass is 1110 g/mol. The molecule has 0 aromatic rings. The molecule has 0 heterocycles. The summed E-state index contributed by atoms with van der Waals surface area (Å²) >= 11 is 0. The maximum Gasteiger partial charge on any atom is 0.472 e. The summed E-state index contributed by atoms with van der Waals surface area (Å²) in [6, 6.07) is 0. The zero-order chi connectivity index (χ0) is 56.9. The largest absolute Gasteiger partial charge is 0.472 e. The lowest BCUT2D eigenvalue weighted by molar-refractivity contribution is -0.161. The van der Waals surface area contributed by atoms with Gasteiger partial charge in [-0.3, -0.25) is 23.4 Å². The smallest absolute Gasteiger partial charge is 0.462 e. The number of phosphoric acid groups is 1. The van der Waals surface area contributed by atoms with Gasteiger partial charge in [-0.15, -0.1) is 0 Å². The highest BCUT2D eigenvalue weighted by atomic mass is 31.2. The van der Waals surface area contributed by atoms with E-state index in [9.17, 15) is 28.9 Å². The molecule has 12 heteroatoms. The fourth-order valence-electron chi connectivity index (χ4n) is 8.04. The van der Waals surface area contributed by atoms with Gasteiger partial charge in [-0.2, -0.15) is 0 Å². The van der Waals surface area contributed by atoms with Crippen LogP contribution in [0.15, 0.2) is 109 Å². The number of esters is 3. The maximum atomic E-state index is 12.9. The van der Waals surface area contributed by atoms with Crippen molar-refractivity contribution >= 4 is 25.7 Å². The van der Waals surface area contributed by atoms with Crippen molar-refractivity contribution in [3.8, 4) is 0 Å². The molecule has 11 nitrogen and oxygen atoms in total. The molecular weight excluding hydrogens is 1000 g/mol. The molecule has 0 aromatic carbocycles. The topological polar surface area (TPSA) is 155 Å². The van der Waals surface area contributed by atoms with Crippen LogP contribution in [0.3, 0.4) is 0 Å². The molecular formula is C66H111O11P. The lowest BCUT2D eigenvalue weighted by Crippen LogP contribution is -2.30. The quantitative estimate of drug-likeness (QED) is 0.0197. The van der Waals surface area contributed by atoms with Gasteiger partial charge in [-0.05, 0) is 122 Å². The van der Waals surface area contributed by atoms with Gasteiger partial charge >= 0.3 is 25.7 Å². The normalized spacial score (nSPS) is 14.1. The fourth-order valence-corrected chi connectivity index (χ4v) is 8.82. The van der Waals surface area contributed by atoms with Gasteiger partial charge in [0, 0.05) is 19.3 Å². The van der Waals surface area contributed by atoms with Crippen molar-refractivity contribution in [2.75, 3.05) is 26.4 Å². The second-order valence-electron chi connectivity index (χ2n) is 20.1. The molecule has 0 aliphatic heterocycles. The summed E-state index contributed by atoms with van der Waals surface area (Å²) < 4.78 is 39.6. The van der Waals surface area contributed by atoms with Gasteiger partial charge in [-0.25, -0.2) is 4.57 Å². The van der Waals surface area contributed by atoms with Crippen molar-refractivity contribution in [2.24, 2.45) is 0 Å². The van der Waals surface area contributed by atoms with E-state index < -0.39 is 57.8 Å². The van der Waals surface area contributed by atoms with Crippen molar-refractivity contribution in [3.05, 3.63) is 109 Å². The summed E-state index contributed by atoms with van der Waals surface area (Å²) in [5.41, 5.74) is 0. The van der Waals surface area contributed by atoms with E-state index in [2.05, 4.69) is 130 Å². The first-order valence-corrected chi connectivity index (χ1v) is 32.3. The highest BCUT2D eigenvalue weighted by Gasteiger charge is 2.28. The molecule has 0 spiro atoms. The van der Waals surface area contributed by atoms with E-state index in [1.165, 1.54) is 38.5 Å². The van der Waals surface area contributed by atoms with E-state index in [-0.39, 0.29) is 25.9 Å². The third-order valence-corrected chi connectivity index (χ3v) is 13.6. The Balaban J connectivity index is 4.77. The molecule has 446 valence electrons. The Labute approximate surface area is 475 Å². The molecule has 0 amide bonds. The zero-order valence-electron chi connectivity index (χ0n) is 49.3. The Hall–Kier alpha value is -3.86. The summed E-state index contributed by atoms with van der Waals surface area (Å²) in [6.45, 7) is 4.36. The first-order chi connectivity index (χ1) is 38.2. The van der Waals surface area contributed by atoms with E-state index in [4.69, 9.17) is 23.3 Å². The molecule has 0 rings (SSSR count). The van der Waals surface area contributed by atoms with Gasteiger partial charge in [0.1, 0.15) is 12.7 Å². The molecule has 0 saturated heterocycles. The van der Waals surface area contributed by atoms with Crippen molar-refractivity contribution in [2.45, 2.75) is 264 Å². The Bertz CT molecular complexity index is 1720. The van der Waals surface area contributed by atoms with Crippen LogP contribution < -0.4 is 0 Å². The van der Waals surface area contributed by atoms with Crippen LogP contribution in [0.5, 0.6) is 0 Å². The minimum atomic E-state index is -4.77. The van der Waals surface area contributed by atoms with Gasteiger partial charge < -0.3 is 24.2 Å². The van der Waals surface area contributed by atoms with Gasteiger partial charge in [0.05, 0.1) is 19.8 Å².